The molecule has 4 rings (SSSR count). The van der Waals surface area contributed by atoms with Crippen molar-refractivity contribution in [3.8, 4) is 5.75 Å². The highest BCUT2D eigenvalue weighted by Crippen LogP contribution is 2.46. The molecule has 1 fully saturated rings. The summed E-state index contributed by atoms with van der Waals surface area (Å²) < 4.78 is 10.0. The van der Waals surface area contributed by atoms with E-state index in [1.807, 2.05) is 71.6 Å². The lowest BCUT2D eigenvalue weighted by Gasteiger charge is -2.48. The maximum atomic E-state index is 13.2. The number of aryl methyl sites for hydroxylation is 1. The van der Waals surface area contributed by atoms with Crippen molar-refractivity contribution in [3.63, 3.8) is 0 Å². The topological polar surface area (TPSA) is 55.8 Å². The van der Waals surface area contributed by atoms with Crippen LogP contribution in [-0.4, -0.2) is 26.1 Å². The molecule has 3 aromatic carbocycles. The highest BCUT2D eigenvalue weighted by Gasteiger charge is 2.48. The Kier molecular flexibility index (Phi) is 7.08. The Morgan fingerprint density at radius 2 is 1.58 bits per heavy atom. The normalized spacial score (nSPS) is 17.4. The van der Waals surface area contributed by atoms with E-state index in [-0.39, 0.29) is 30.3 Å². The minimum absolute atomic E-state index is 0.0335. The van der Waals surface area contributed by atoms with Crippen LogP contribution in [0.25, 0.3) is 0 Å². The number of methoxy groups -OCH3 is 2. The van der Waals surface area contributed by atoms with Gasteiger partial charge in [0.25, 0.3) is 0 Å². The predicted molar refractivity (Wildman–Crippen MR) is 128 cm³/mol. The van der Waals surface area contributed by atoms with E-state index in [1.165, 1.54) is 12.7 Å². The van der Waals surface area contributed by atoms with Crippen LogP contribution < -0.4 is 9.64 Å². The van der Waals surface area contributed by atoms with Crippen LogP contribution in [0.4, 0.5) is 5.69 Å². The zero-order valence-electron chi connectivity index (χ0n) is 19.1. The molecule has 0 aromatic heterocycles. The second kappa shape index (κ2) is 10.3. The summed E-state index contributed by atoms with van der Waals surface area (Å²) in [5.74, 6) is 0.578. The Balaban J connectivity index is 1.53. The van der Waals surface area contributed by atoms with E-state index in [0.29, 0.717) is 0 Å². The maximum Gasteiger partial charge on any atom is 0.309 e. The monoisotopic (exact) mass is 443 g/mol. The second-order valence-corrected chi connectivity index (χ2v) is 8.33. The van der Waals surface area contributed by atoms with E-state index in [0.717, 1.165) is 41.8 Å². The summed E-state index contributed by atoms with van der Waals surface area (Å²) in [4.78, 5) is 26.7. The van der Waals surface area contributed by atoms with Crippen molar-refractivity contribution in [3.05, 3.63) is 95.6 Å². The summed E-state index contributed by atoms with van der Waals surface area (Å²) in [6.07, 6.45) is 2.98. The zero-order chi connectivity index (χ0) is 23.2. The first kappa shape index (κ1) is 22.6. The smallest absolute Gasteiger partial charge is 0.309 e. The predicted octanol–water partition coefficient (Wildman–Crippen LogP) is 5.14. The number of carbonyl (C=O) groups excluding carboxylic acids is 2. The number of carbonyl (C=O) groups is 2. The van der Waals surface area contributed by atoms with Crippen molar-refractivity contribution in [2.75, 3.05) is 19.1 Å². The number of ether oxygens (including phenoxy) is 2. The van der Waals surface area contributed by atoms with Gasteiger partial charge < -0.3 is 14.4 Å². The molecule has 5 nitrogen and oxygen atoms in total. The van der Waals surface area contributed by atoms with Crippen LogP contribution in [0.5, 0.6) is 5.75 Å². The summed E-state index contributed by atoms with van der Waals surface area (Å²) in [7, 11) is 3.02. The number of hydrogen-bond acceptors (Lipinski definition) is 4. The average Bonchev–Trinajstić information content (AvgIpc) is 2.86. The number of amides is 1. The molecule has 5 heteroatoms. The standard InChI is InChI=1S/C28H29NO4/c1-32-24-17-15-23(16-18-24)29-27(22-13-11-21(12-14-22)19-26(30)33-2)25(28(29)31)10-6-9-20-7-4-3-5-8-20/h3-5,7-8,11-18,25,27H,6,9-10,19H2,1-2H3. The fraction of sp³-hybridized carbons (Fsp3) is 0.286. The van der Waals surface area contributed by atoms with Gasteiger partial charge in [-0.05, 0) is 60.2 Å². The number of esters is 1. The largest absolute Gasteiger partial charge is 0.497 e. The second-order valence-electron chi connectivity index (χ2n) is 8.33. The van der Waals surface area contributed by atoms with Crippen molar-refractivity contribution in [1.82, 2.24) is 0 Å². The molecule has 0 spiro atoms. The van der Waals surface area contributed by atoms with Gasteiger partial charge in [-0.2, -0.15) is 0 Å². The lowest BCUT2D eigenvalue weighted by Crippen LogP contribution is -2.55. The molecule has 33 heavy (non-hydrogen) atoms. The van der Waals surface area contributed by atoms with E-state index in [1.54, 1.807) is 7.11 Å². The van der Waals surface area contributed by atoms with Gasteiger partial charge >= 0.3 is 5.97 Å². The molecule has 1 aliphatic rings. The molecule has 1 heterocycles. The summed E-state index contributed by atoms with van der Waals surface area (Å²) in [6, 6.07) is 25.9. The SMILES string of the molecule is COC(=O)Cc1ccc(C2C(CCCc3ccccc3)C(=O)N2c2ccc(OC)cc2)cc1. The first-order valence-corrected chi connectivity index (χ1v) is 11.3. The van der Waals surface area contributed by atoms with Crippen LogP contribution in [0, 0.1) is 5.92 Å². The lowest BCUT2D eigenvalue weighted by atomic mass is 9.78. The summed E-state index contributed by atoms with van der Waals surface area (Å²) in [5, 5.41) is 0. The van der Waals surface area contributed by atoms with E-state index < -0.39 is 0 Å². The van der Waals surface area contributed by atoms with Crippen molar-refractivity contribution in [2.45, 2.75) is 31.7 Å². The van der Waals surface area contributed by atoms with Crippen molar-refractivity contribution >= 4 is 17.6 Å². The Hall–Kier alpha value is -3.60. The third-order valence-electron chi connectivity index (χ3n) is 6.29. The maximum absolute atomic E-state index is 13.2. The summed E-state index contributed by atoms with van der Waals surface area (Å²) >= 11 is 0. The summed E-state index contributed by atoms with van der Waals surface area (Å²) in [6.45, 7) is 0. The number of nitrogens with zero attached hydrogens (tertiary/aromatic N) is 1. The molecule has 3 aromatic rings. The molecule has 170 valence electrons. The number of rotatable bonds is 9. The molecule has 0 aliphatic carbocycles. The van der Waals surface area contributed by atoms with Gasteiger partial charge in [0.2, 0.25) is 5.91 Å². The molecule has 0 radical (unpaired) electrons. The molecule has 1 amide bonds. The Bertz CT molecular complexity index is 1080. The minimum atomic E-state index is -0.264. The van der Waals surface area contributed by atoms with Gasteiger partial charge in [-0.3, -0.25) is 9.59 Å². The molecule has 0 N–H and O–H groups in total. The van der Waals surface area contributed by atoms with Gasteiger partial charge in [0.05, 0.1) is 32.6 Å². The van der Waals surface area contributed by atoms with Crippen LogP contribution in [0.3, 0.4) is 0 Å². The van der Waals surface area contributed by atoms with Gasteiger partial charge in [0.15, 0.2) is 0 Å². The van der Waals surface area contributed by atoms with Crippen LogP contribution in [0.15, 0.2) is 78.9 Å². The number of β-lactam (4-membered cyclic amide) rings is 1. The summed E-state index contributed by atoms with van der Waals surface area (Å²) in [5.41, 5.74) is 4.13. The number of benzene rings is 3. The van der Waals surface area contributed by atoms with E-state index in [9.17, 15) is 9.59 Å². The third kappa shape index (κ3) is 5.08. The van der Waals surface area contributed by atoms with Crippen LogP contribution in [-0.2, 0) is 27.2 Å². The van der Waals surface area contributed by atoms with Crippen LogP contribution in [0.1, 0.15) is 35.6 Å². The number of hydrogen-bond donors (Lipinski definition) is 0. The fourth-order valence-corrected chi connectivity index (χ4v) is 4.48. The van der Waals surface area contributed by atoms with Crippen molar-refractivity contribution in [1.29, 1.82) is 0 Å². The molecule has 2 unspecified atom stereocenters. The molecular formula is C28H29NO4. The van der Waals surface area contributed by atoms with Crippen molar-refractivity contribution < 1.29 is 19.1 Å². The first-order valence-electron chi connectivity index (χ1n) is 11.3. The van der Waals surface area contributed by atoms with Gasteiger partial charge in [-0.25, -0.2) is 0 Å². The first-order chi connectivity index (χ1) is 16.1. The minimum Gasteiger partial charge on any atom is -0.497 e. The van der Waals surface area contributed by atoms with Crippen molar-refractivity contribution in [2.24, 2.45) is 5.92 Å². The van der Waals surface area contributed by atoms with Gasteiger partial charge in [0, 0.05) is 5.69 Å². The Morgan fingerprint density at radius 1 is 0.879 bits per heavy atom. The molecule has 0 saturated carbocycles. The van der Waals surface area contributed by atoms with E-state index in [4.69, 9.17) is 9.47 Å². The van der Waals surface area contributed by atoms with Gasteiger partial charge in [-0.15, -0.1) is 0 Å². The lowest BCUT2D eigenvalue weighted by molar-refractivity contribution is -0.139. The molecular weight excluding hydrogens is 414 g/mol. The van der Waals surface area contributed by atoms with Gasteiger partial charge in [-0.1, -0.05) is 54.6 Å². The molecule has 1 aliphatic heterocycles. The quantitative estimate of drug-likeness (QED) is 0.340. The highest BCUT2D eigenvalue weighted by molar-refractivity contribution is 6.03. The fourth-order valence-electron chi connectivity index (χ4n) is 4.48. The van der Waals surface area contributed by atoms with Gasteiger partial charge in [0.1, 0.15) is 5.75 Å². The van der Waals surface area contributed by atoms with E-state index in [2.05, 4.69) is 12.1 Å². The average molecular weight is 444 g/mol. The van der Waals surface area contributed by atoms with E-state index >= 15 is 0 Å². The molecule has 0 bridgehead atoms. The highest BCUT2D eigenvalue weighted by atomic mass is 16.5. The number of anilines is 1. The van der Waals surface area contributed by atoms with Crippen LogP contribution in [0.2, 0.25) is 0 Å². The zero-order valence-corrected chi connectivity index (χ0v) is 19.1. The third-order valence-corrected chi connectivity index (χ3v) is 6.29. The molecule has 1 saturated heterocycles. The Morgan fingerprint density at radius 3 is 2.21 bits per heavy atom. The van der Waals surface area contributed by atoms with Crippen LogP contribution >= 0.6 is 0 Å². The molecule has 2 atom stereocenters. The Labute approximate surface area is 194 Å².